The first-order valence-corrected chi connectivity index (χ1v) is 5.67. The summed E-state index contributed by atoms with van der Waals surface area (Å²) in [4.78, 5) is 11.2. The summed E-state index contributed by atoms with van der Waals surface area (Å²) in [5.74, 6) is 0.644. The van der Waals surface area contributed by atoms with Crippen molar-refractivity contribution >= 4 is 5.91 Å². The van der Waals surface area contributed by atoms with Crippen molar-refractivity contribution in [2.45, 2.75) is 52.5 Å². The van der Waals surface area contributed by atoms with Gasteiger partial charge in [0.15, 0.2) is 0 Å². The molecule has 1 atom stereocenters. The molecule has 3 nitrogen and oxygen atoms in total. The van der Waals surface area contributed by atoms with Gasteiger partial charge in [0, 0.05) is 19.0 Å². The summed E-state index contributed by atoms with van der Waals surface area (Å²) in [7, 11) is 0. The van der Waals surface area contributed by atoms with E-state index in [2.05, 4.69) is 19.2 Å². The third-order valence-corrected chi connectivity index (χ3v) is 2.67. The van der Waals surface area contributed by atoms with Crippen molar-refractivity contribution in [3.63, 3.8) is 0 Å². The molecular formula is C11H24N2O. The first-order valence-electron chi connectivity index (χ1n) is 5.67. The normalized spacial score (nSPS) is 12.9. The zero-order valence-corrected chi connectivity index (χ0v) is 9.68. The molecule has 0 aliphatic heterocycles. The molecular weight excluding hydrogens is 176 g/mol. The topological polar surface area (TPSA) is 55.1 Å². The quantitative estimate of drug-likeness (QED) is 0.657. The predicted molar refractivity (Wildman–Crippen MR) is 60.0 cm³/mol. The first kappa shape index (κ1) is 13.4. The van der Waals surface area contributed by atoms with Crippen molar-refractivity contribution in [3.05, 3.63) is 0 Å². The van der Waals surface area contributed by atoms with Gasteiger partial charge >= 0.3 is 0 Å². The van der Waals surface area contributed by atoms with Crippen molar-refractivity contribution in [1.82, 2.24) is 5.32 Å². The number of amides is 1. The van der Waals surface area contributed by atoms with Gasteiger partial charge < -0.3 is 11.1 Å². The fourth-order valence-electron chi connectivity index (χ4n) is 1.61. The fraction of sp³-hybridized carbons (Fsp3) is 0.909. The van der Waals surface area contributed by atoms with E-state index >= 15 is 0 Å². The van der Waals surface area contributed by atoms with Gasteiger partial charge in [0.05, 0.1) is 0 Å². The van der Waals surface area contributed by atoms with Crippen molar-refractivity contribution in [2.24, 2.45) is 11.7 Å². The van der Waals surface area contributed by atoms with Crippen molar-refractivity contribution in [3.8, 4) is 0 Å². The number of rotatable bonds is 7. The molecule has 3 N–H and O–H groups in total. The molecule has 0 saturated heterocycles. The second-order valence-electron chi connectivity index (χ2n) is 3.79. The van der Waals surface area contributed by atoms with E-state index in [-0.39, 0.29) is 11.9 Å². The van der Waals surface area contributed by atoms with Crippen LogP contribution < -0.4 is 11.1 Å². The number of hydrogen-bond acceptors (Lipinski definition) is 2. The highest BCUT2D eigenvalue weighted by molar-refractivity contribution is 5.75. The van der Waals surface area contributed by atoms with Crippen LogP contribution >= 0.6 is 0 Å². The molecule has 0 rings (SSSR count). The Kier molecular flexibility index (Phi) is 7.48. The number of hydrogen-bond donors (Lipinski definition) is 2. The molecule has 0 aliphatic rings. The van der Waals surface area contributed by atoms with E-state index in [4.69, 9.17) is 5.73 Å². The largest absolute Gasteiger partial charge is 0.355 e. The second-order valence-corrected chi connectivity index (χ2v) is 3.79. The Bertz CT molecular complexity index is 155. The third kappa shape index (κ3) is 5.22. The highest BCUT2D eigenvalue weighted by atomic mass is 16.1. The molecule has 0 heterocycles. The van der Waals surface area contributed by atoms with Crippen LogP contribution in [0.1, 0.15) is 46.5 Å². The van der Waals surface area contributed by atoms with Crippen molar-refractivity contribution in [2.75, 3.05) is 6.54 Å². The smallest absolute Gasteiger partial charge is 0.220 e. The van der Waals surface area contributed by atoms with Crippen molar-refractivity contribution in [1.29, 1.82) is 0 Å². The zero-order valence-electron chi connectivity index (χ0n) is 9.68. The van der Waals surface area contributed by atoms with Crippen LogP contribution in [0.2, 0.25) is 0 Å². The van der Waals surface area contributed by atoms with E-state index in [1.54, 1.807) is 0 Å². The minimum Gasteiger partial charge on any atom is -0.355 e. The van der Waals surface area contributed by atoms with Gasteiger partial charge in [0.1, 0.15) is 0 Å². The predicted octanol–water partition coefficient (Wildman–Crippen LogP) is 1.67. The van der Waals surface area contributed by atoms with Crippen LogP contribution in [-0.2, 0) is 4.79 Å². The summed E-state index contributed by atoms with van der Waals surface area (Å²) in [5.41, 5.74) is 5.97. The molecule has 1 unspecified atom stereocenters. The van der Waals surface area contributed by atoms with E-state index in [1.165, 1.54) is 0 Å². The summed E-state index contributed by atoms with van der Waals surface area (Å²) in [6.45, 7) is 6.90. The standard InChI is InChI=1S/C11H24N2O/c1-4-7-11(14)13-8-10(12)9(5-2)6-3/h9-10H,4-8,12H2,1-3H3,(H,13,14). The summed E-state index contributed by atoms with van der Waals surface area (Å²) >= 11 is 0. The molecule has 0 bridgehead atoms. The van der Waals surface area contributed by atoms with Crippen LogP contribution in [0.25, 0.3) is 0 Å². The maximum absolute atomic E-state index is 11.2. The van der Waals surface area contributed by atoms with Gasteiger partial charge in [-0.15, -0.1) is 0 Å². The average Bonchev–Trinajstić information content (AvgIpc) is 2.17. The van der Waals surface area contributed by atoms with E-state index < -0.39 is 0 Å². The molecule has 1 amide bonds. The number of carbonyl (C=O) groups is 1. The van der Waals surface area contributed by atoms with E-state index in [0.717, 1.165) is 19.3 Å². The Balaban J connectivity index is 3.71. The molecule has 0 fully saturated rings. The van der Waals surface area contributed by atoms with Crippen LogP contribution in [0.3, 0.4) is 0 Å². The number of carbonyl (C=O) groups excluding carboxylic acids is 1. The zero-order chi connectivity index (χ0) is 11.0. The molecule has 0 aliphatic carbocycles. The Morgan fingerprint density at radius 2 is 1.86 bits per heavy atom. The van der Waals surface area contributed by atoms with Crippen LogP contribution in [0.15, 0.2) is 0 Å². The minimum atomic E-state index is 0.103. The summed E-state index contributed by atoms with van der Waals surface area (Å²) in [6, 6.07) is 0.103. The van der Waals surface area contributed by atoms with Crippen LogP contribution in [-0.4, -0.2) is 18.5 Å². The fourth-order valence-corrected chi connectivity index (χ4v) is 1.61. The molecule has 0 aromatic rings. The molecule has 84 valence electrons. The Morgan fingerprint density at radius 1 is 1.29 bits per heavy atom. The van der Waals surface area contributed by atoms with Gasteiger partial charge in [-0.25, -0.2) is 0 Å². The first-order chi connectivity index (χ1) is 6.65. The van der Waals surface area contributed by atoms with Crippen LogP contribution in [0.5, 0.6) is 0 Å². The van der Waals surface area contributed by atoms with Gasteiger partial charge in [0.25, 0.3) is 0 Å². The van der Waals surface area contributed by atoms with Gasteiger partial charge in [0.2, 0.25) is 5.91 Å². The van der Waals surface area contributed by atoms with Gasteiger partial charge in [-0.3, -0.25) is 4.79 Å². The highest BCUT2D eigenvalue weighted by Crippen LogP contribution is 2.10. The van der Waals surface area contributed by atoms with E-state index in [1.807, 2.05) is 6.92 Å². The van der Waals surface area contributed by atoms with E-state index in [0.29, 0.717) is 18.9 Å². The molecule has 3 heteroatoms. The Morgan fingerprint density at radius 3 is 2.29 bits per heavy atom. The van der Waals surface area contributed by atoms with Gasteiger partial charge in [-0.05, 0) is 12.3 Å². The lowest BCUT2D eigenvalue weighted by Gasteiger charge is -2.21. The summed E-state index contributed by atoms with van der Waals surface area (Å²) in [5, 5.41) is 2.87. The second kappa shape index (κ2) is 7.80. The Hall–Kier alpha value is -0.570. The molecule has 0 radical (unpaired) electrons. The van der Waals surface area contributed by atoms with Crippen LogP contribution in [0, 0.1) is 5.92 Å². The maximum Gasteiger partial charge on any atom is 0.220 e. The van der Waals surface area contributed by atoms with E-state index in [9.17, 15) is 4.79 Å². The lowest BCUT2D eigenvalue weighted by molar-refractivity contribution is -0.121. The maximum atomic E-state index is 11.2. The van der Waals surface area contributed by atoms with Gasteiger partial charge in [-0.2, -0.15) is 0 Å². The molecule has 0 spiro atoms. The molecule has 14 heavy (non-hydrogen) atoms. The monoisotopic (exact) mass is 200 g/mol. The summed E-state index contributed by atoms with van der Waals surface area (Å²) in [6.07, 6.45) is 3.67. The molecule has 0 aromatic heterocycles. The number of nitrogens with one attached hydrogen (secondary N) is 1. The van der Waals surface area contributed by atoms with Crippen molar-refractivity contribution < 1.29 is 4.79 Å². The molecule has 0 saturated carbocycles. The van der Waals surface area contributed by atoms with Crippen LogP contribution in [0.4, 0.5) is 0 Å². The lowest BCUT2D eigenvalue weighted by Crippen LogP contribution is -2.41. The highest BCUT2D eigenvalue weighted by Gasteiger charge is 2.14. The minimum absolute atomic E-state index is 0.103. The number of nitrogens with two attached hydrogens (primary N) is 1. The summed E-state index contributed by atoms with van der Waals surface area (Å²) < 4.78 is 0. The SMILES string of the molecule is CCCC(=O)NCC(N)C(CC)CC. The lowest BCUT2D eigenvalue weighted by atomic mass is 9.95. The third-order valence-electron chi connectivity index (χ3n) is 2.67. The average molecular weight is 200 g/mol. The Labute approximate surface area is 87.4 Å². The molecule has 0 aromatic carbocycles. The van der Waals surface area contributed by atoms with Gasteiger partial charge in [-0.1, -0.05) is 33.6 Å².